The summed E-state index contributed by atoms with van der Waals surface area (Å²) >= 11 is 0. The molecular weight excluding hydrogens is 272 g/mol. The lowest BCUT2D eigenvalue weighted by molar-refractivity contribution is 0.0783. The smallest absolute Gasteiger partial charge is 0.105 e. The third-order valence-electron chi connectivity index (χ3n) is 13.5. The van der Waals surface area contributed by atoms with Crippen molar-refractivity contribution in [2.24, 2.45) is 82.9 Å². The minimum Gasteiger partial charge on any atom is -0.362 e. The summed E-state index contributed by atoms with van der Waals surface area (Å²) < 4.78 is 14.0. The summed E-state index contributed by atoms with van der Waals surface area (Å²) in [6.45, 7) is 0. The van der Waals surface area contributed by atoms with Crippen LogP contribution in [0.25, 0.3) is 0 Å². The molecule has 2 heterocycles. The van der Waals surface area contributed by atoms with E-state index in [-0.39, 0.29) is 0 Å². The normalized spacial score (nSPS) is 108. The highest BCUT2D eigenvalue weighted by atomic mass is 16.7. The summed E-state index contributed by atoms with van der Waals surface area (Å²) in [4.78, 5) is 0. The van der Waals surface area contributed by atoms with Crippen molar-refractivity contribution in [2.45, 2.75) is 35.2 Å². The molecule has 18 unspecified atom stereocenters. The molecule has 2 heteroatoms. The van der Waals surface area contributed by atoms with Gasteiger partial charge in [0.15, 0.2) is 0 Å². The molecular formula is C20H18O2. The van der Waals surface area contributed by atoms with Gasteiger partial charge in [-0.1, -0.05) is 0 Å². The van der Waals surface area contributed by atoms with E-state index >= 15 is 0 Å². The molecule has 0 N–H and O–H groups in total. The Bertz CT molecular complexity index is 794. The number of rotatable bonds is 0. The average Bonchev–Trinajstić information content (AvgIpc) is 2.96. The standard InChI is InChI=1S/C20H18O2/c1-3-5-9-7-8-10-6-4(20-16(10)11(7)13(5)17(1,20)21-20)2-18-14(6)12(8)15(9)19(3,18)22-18/h3-16H,1-2H2. The molecule has 0 amide bonds. The van der Waals surface area contributed by atoms with Crippen LogP contribution in [0.15, 0.2) is 0 Å². The molecule has 18 atom stereocenters. The average molecular weight is 290 g/mol. The highest BCUT2D eigenvalue weighted by molar-refractivity contribution is 5.58. The second-order valence-corrected chi connectivity index (χ2v) is 11.9. The SMILES string of the molecule is C1C2C3C4C5C6C7C8C9C6C4C24OC94CC8C24OC12C3C5C74. The van der Waals surface area contributed by atoms with Crippen LogP contribution in [0.2, 0.25) is 0 Å². The molecule has 2 saturated heterocycles. The molecule has 10 aliphatic carbocycles. The zero-order chi connectivity index (χ0) is 12.9. The molecule has 0 aromatic heterocycles. The molecule has 12 aliphatic rings. The molecule has 0 radical (unpaired) electrons. The van der Waals surface area contributed by atoms with Crippen molar-refractivity contribution in [1.29, 1.82) is 0 Å². The second-order valence-electron chi connectivity index (χ2n) is 11.9. The molecule has 0 aromatic rings. The first-order valence-electron chi connectivity index (χ1n) is 10.2. The molecule has 12 rings (SSSR count). The van der Waals surface area contributed by atoms with E-state index in [0.717, 1.165) is 71.0 Å². The summed E-state index contributed by atoms with van der Waals surface area (Å²) in [6.07, 6.45) is 2.91. The minimum atomic E-state index is 0.419. The Labute approximate surface area is 128 Å². The molecule has 110 valence electrons. The van der Waals surface area contributed by atoms with Crippen molar-refractivity contribution in [3.05, 3.63) is 0 Å². The lowest BCUT2D eigenvalue weighted by Crippen LogP contribution is -2.40. The van der Waals surface area contributed by atoms with Crippen LogP contribution in [0.3, 0.4) is 0 Å². The molecule has 4 spiro atoms. The van der Waals surface area contributed by atoms with Crippen molar-refractivity contribution < 1.29 is 9.47 Å². The van der Waals surface area contributed by atoms with Crippen molar-refractivity contribution in [1.82, 2.24) is 0 Å². The summed E-state index contributed by atoms with van der Waals surface area (Å²) in [6, 6.07) is 0. The van der Waals surface area contributed by atoms with Gasteiger partial charge in [-0.2, -0.15) is 0 Å². The van der Waals surface area contributed by atoms with E-state index < -0.39 is 0 Å². The van der Waals surface area contributed by atoms with E-state index in [2.05, 4.69) is 0 Å². The maximum Gasteiger partial charge on any atom is 0.105 e. The molecule has 0 aromatic carbocycles. The van der Waals surface area contributed by atoms with Crippen molar-refractivity contribution in [3.8, 4) is 0 Å². The monoisotopic (exact) mass is 290 g/mol. The van der Waals surface area contributed by atoms with Crippen LogP contribution in [0.4, 0.5) is 0 Å². The van der Waals surface area contributed by atoms with Gasteiger partial charge in [0.05, 0.1) is 0 Å². The topological polar surface area (TPSA) is 25.1 Å². The van der Waals surface area contributed by atoms with Gasteiger partial charge in [-0.3, -0.25) is 0 Å². The van der Waals surface area contributed by atoms with Crippen LogP contribution >= 0.6 is 0 Å². The fourth-order valence-corrected chi connectivity index (χ4v) is 15.0. The quantitative estimate of drug-likeness (QED) is 0.632. The first kappa shape index (κ1) is 8.85. The molecule has 22 heavy (non-hydrogen) atoms. The maximum absolute atomic E-state index is 7.02. The number of hydrogen-bond acceptors (Lipinski definition) is 2. The predicted octanol–water partition coefficient (Wildman–Crippen LogP) is 1.54. The fraction of sp³-hybridized carbons (Fsp3) is 1.00. The van der Waals surface area contributed by atoms with Crippen molar-refractivity contribution in [2.75, 3.05) is 0 Å². The van der Waals surface area contributed by atoms with E-state index in [9.17, 15) is 0 Å². The third-order valence-corrected chi connectivity index (χ3v) is 13.5. The third kappa shape index (κ3) is 0.364. The van der Waals surface area contributed by atoms with Gasteiger partial charge in [-0.25, -0.2) is 0 Å². The minimum absolute atomic E-state index is 0.419. The summed E-state index contributed by atoms with van der Waals surface area (Å²) in [7, 11) is 0. The van der Waals surface area contributed by atoms with Crippen molar-refractivity contribution in [3.63, 3.8) is 0 Å². The van der Waals surface area contributed by atoms with E-state index in [1.807, 2.05) is 0 Å². The Morgan fingerprint density at radius 3 is 1.50 bits per heavy atom. The first-order valence-corrected chi connectivity index (χ1v) is 10.2. The van der Waals surface area contributed by atoms with Gasteiger partial charge >= 0.3 is 0 Å². The van der Waals surface area contributed by atoms with Gasteiger partial charge in [0, 0.05) is 0 Å². The van der Waals surface area contributed by atoms with Gasteiger partial charge in [-0.15, -0.1) is 0 Å². The van der Waals surface area contributed by atoms with E-state index in [1.165, 1.54) is 24.7 Å². The number of ether oxygens (including phenoxy) is 2. The number of epoxide rings is 2. The Morgan fingerprint density at radius 2 is 1.00 bits per heavy atom. The van der Waals surface area contributed by atoms with Crippen LogP contribution in [0.5, 0.6) is 0 Å². The van der Waals surface area contributed by atoms with Gasteiger partial charge in [0.25, 0.3) is 0 Å². The van der Waals surface area contributed by atoms with E-state index in [0.29, 0.717) is 22.4 Å². The molecule has 2 aliphatic heterocycles. The Morgan fingerprint density at radius 1 is 0.500 bits per heavy atom. The first-order chi connectivity index (χ1) is 10.8. The summed E-state index contributed by atoms with van der Waals surface area (Å²) in [5, 5.41) is 0. The Kier molecular flexibility index (Phi) is 0.683. The highest BCUT2D eigenvalue weighted by Crippen LogP contribution is 3.06. The van der Waals surface area contributed by atoms with Gasteiger partial charge in [-0.05, 0) is 95.7 Å². The van der Waals surface area contributed by atoms with Crippen LogP contribution in [-0.4, -0.2) is 22.4 Å². The largest absolute Gasteiger partial charge is 0.362 e. The summed E-state index contributed by atoms with van der Waals surface area (Å²) in [5.41, 5.74) is 1.69. The Balaban J connectivity index is 1.45. The molecule has 12 fully saturated rings. The zero-order valence-corrected chi connectivity index (χ0v) is 12.3. The molecule has 2 nitrogen and oxygen atoms in total. The highest BCUT2D eigenvalue weighted by Gasteiger charge is 3.11. The van der Waals surface area contributed by atoms with E-state index in [1.54, 1.807) is 0 Å². The van der Waals surface area contributed by atoms with Gasteiger partial charge in [0.2, 0.25) is 0 Å². The van der Waals surface area contributed by atoms with Crippen molar-refractivity contribution >= 4 is 0 Å². The van der Waals surface area contributed by atoms with Crippen LogP contribution in [-0.2, 0) is 9.47 Å². The Hall–Kier alpha value is -0.0800. The van der Waals surface area contributed by atoms with Crippen LogP contribution in [0.1, 0.15) is 12.8 Å². The lowest BCUT2D eigenvalue weighted by atomic mass is 9.70. The maximum atomic E-state index is 7.02. The predicted molar refractivity (Wildman–Crippen MR) is 71.2 cm³/mol. The lowest BCUT2D eigenvalue weighted by Gasteiger charge is -2.29. The van der Waals surface area contributed by atoms with Crippen LogP contribution in [0, 0.1) is 82.9 Å². The van der Waals surface area contributed by atoms with E-state index in [4.69, 9.17) is 9.47 Å². The summed E-state index contributed by atoms with van der Waals surface area (Å²) in [5.74, 6) is 15.0. The van der Waals surface area contributed by atoms with Gasteiger partial charge < -0.3 is 9.47 Å². The fourth-order valence-electron chi connectivity index (χ4n) is 15.0. The molecule has 10 saturated carbocycles. The number of hydrogen-bond donors (Lipinski definition) is 0. The van der Waals surface area contributed by atoms with Gasteiger partial charge in [0.1, 0.15) is 22.4 Å². The second kappa shape index (κ2) is 1.70. The molecule has 0 bridgehead atoms. The zero-order valence-electron chi connectivity index (χ0n) is 12.3. The van der Waals surface area contributed by atoms with Crippen LogP contribution < -0.4 is 0 Å².